The number of rotatable bonds is 3. The maximum Gasteiger partial charge on any atom is 0.257 e. The van der Waals surface area contributed by atoms with Gasteiger partial charge in [-0.2, -0.15) is 0 Å². The molecule has 2 rings (SSSR count). The Morgan fingerprint density at radius 1 is 0.885 bits per heavy atom. The van der Waals surface area contributed by atoms with E-state index < -0.39 is 11.7 Å². The Balaban J connectivity index is 1.94. The molecule has 0 saturated carbocycles. The zero-order valence-corrected chi connectivity index (χ0v) is 15.5. The number of halogens is 1. The second kappa shape index (κ2) is 8.05. The highest BCUT2D eigenvalue weighted by Gasteiger charge is 2.15. The summed E-state index contributed by atoms with van der Waals surface area (Å²) < 4.78 is 12.9. The summed E-state index contributed by atoms with van der Waals surface area (Å²) in [6, 6.07) is 11.8. The van der Waals surface area contributed by atoms with Gasteiger partial charge in [-0.25, -0.2) is 4.39 Å². The number of benzene rings is 2. The fourth-order valence-electron chi connectivity index (χ4n) is 2.06. The van der Waals surface area contributed by atoms with Crippen LogP contribution in [0.2, 0.25) is 0 Å². The Hall–Kier alpha value is -2.80. The van der Waals surface area contributed by atoms with Crippen molar-refractivity contribution in [2.24, 2.45) is 0 Å². The number of carbonyl (C=O) groups is 2. The van der Waals surface area contributed by atoms with Gasteiger partial charge in [0.05, 0.1) is 0 Å². The molecule has 0 atom stereocenters. The van der Waals surface area contributed by atoms with E-state index in [-0.39, 0.29) is 16.6 Å². The largest absolute Gasteiger partial charge is 0.347 e. The molecule has 0 aromatic heterocycles. The number of thiocarbonyl (C=S) groups is 1. The third kappa shape index (κ3) is 5.93. The normalized spacial score (nSPS) is 10.8. The van der Waals surface area contributed by atoms with Crippen LogP contribution in [-0.4, -0.2) is 22.5 Å². The monoisotopic (exact) mass is 373 g/mol. The molecule has 0 heterocycles. The van der Waals surface area contributed by atoms with Gasteiger partial charge in [-0.15, -0.1) is 0 Å². The van der Waals surface area contributed by atoms with E-state index in [0.29, 0.717) is 16.8 Å². The average Bonchev–Trinajstić information content (AvgIpc) is 2.54. The van der Waals surface area contributed by atoms with E-state index in [1.807, 2.05) is 20.8 Å². The third-order valence-corrected chi connectivity index (χ3v) is 3.43. The van der Waals surface area contributed by atoms with E-state index >= 15 is 0 Å². The van der Waals surface area contributed by atoms with Crippen molar-refractivity contribution in [1.29, 1.82) is 0 Å². The summed E-state index contributed by atoms with van der Waals surface area (Å²) in [7, 11) is 0. The molecule has 2 amide bonds. The van der Waals surface area contributed by atoms with Gasteiger partial charge in [0.1, 0.15) is 5.82 Å². The van der Waals surface area contributed by atoms with Crippen LogP contribution in [0.5, 0.6) is 0 Å². The molecule has 0 aliphatic carbocycles. The Morgan fingerprint density at radius 2 is 1.38 bits per heavy atom. The Kier molecular flexibility index (Phi) is 6.05. The van der Waals surface area contributed by atoms with E-state index in [2.05, 4.69) is 16.0 Å². The van der Waals surface area contributed by atoms with Crippen LogP contribution in [-0.2, 0) is 0 Å². The van der Waals surface area contributed by atoms with E-state index in [1.165, 1.54) is 24.3 Å². The van der Waals surface area contributed by atoms with Gasteiger partial charge in [0.25, 0.3) is 11.8 Å². The van der Waals surface area contributed by atoms with Gasteiger partial charge in [0.2, 0.25) is 0 Å². The number of hydrogen-bond acceptors (Lipinski definition) is 3. The minimum absolute atomic E-state index is 0.103. The molecule has 0 saturated heterocycles. The number of carbonyl (C=O) groups excluding carboxylic acids is 2. The van der Waals surface area contributed by atoms with Crippen LogP contribution in [0.4, 0.5) is 10.1 Å². The van der Waals surface area contributed by atoms with Gasteiger partial charge < -0.3 is 10.6 Å². The quantitative estimate of drug-likeness (QED) is 0.721. The topological polar surface area (TPSA) is 70.2 Å². The highest BCUT2D eigenvalue weighted by Crippen LogP contribution is 2.11. The van der Waals surface area contributed by atoms with Gasteiger partial charge in [-0.3, -0.25) is 14.9 Å². The van der Waals surface area contributed by atoms with E-state index in [4.69, 9.17) is 12.2 Å². The van der Waals surface area contributed by atoms with Crippen LogP contribution in [0.15, 0.2) is 48.5 Å². The first-order chi connectivity index (χ1) is 12.1. The molecule has 26 heavy (non-hydrogen) atoms. The van der Waals surface area contributed by atoms with E-state index in [1.54, 1.807) is 24.3 Å². The van der Waals surface area contributed by atoms with Crippen LogP contribution >= 0.6 is 12.2 Å². The van der Waals surface area contributed by atoms with Crippen molar-refractivity contribution in [2.45, 2.75) is 26.3 Å². The van der Waals surface area contributed by atoms with Crippen molar-refractivity contribution in [3.05, 3.63) is 65.5 Å². The Labute approximate surface area is 157 Å². The van der Waals surface area contributed by atoms with Gasteiger partial charge in [0, 0.05) is 22.4 Å². The summed E-state index contributed by atoms with van der Waals surface area (Å²) in [4.78, 5) is 24.1. The number of amides is 2. The highest BCUT2D eigenvalue weighted by atomic mass is 32.1. The first-order valence-corrected chi connectivity index (χ1v) is 8.35. The molecule has 2 aromatic carbocycles. The minimum Gasteiger partial charge on any atom is -0.347 e. The standard InChI is InChI=1S/C19H20FN3O2S/c1-19(2,3)23-17(25)13-6-10-15(11-7-13)21-18(26)22-16(24)12-4-8-14(20)9-5-12/h4-11H,1-3H3,(H,23,25)(H2,21,22,24,26). The SMILES string of the molecule is CC(C)(C)NC(=O)c1ccc(NC(=S)NC(=O)c2ccc(F)cc2)cc1. The molecular weight excluding hydrogens is 353 g/mol. The van der Waals surface area contributed by atoms with Crippen LogP contribution < -0.4 is 16.0 Å². The summed E-state index contributed by atoms with van der Waals surface area (Å²) in [5.74, 6) is -1.03. The molecule has 2 aromatic rings. The molecule has 0 fully saturated rings. The first-order valence-electron chi connectivity index (χ1n) is 7.94. The molecule has 0 unspecified atom stereocenters. The lowest BCUT2D eigenvalue weighted by Crippen LogP contribution is -2.40. The fourth-order valence-corrected chi connectivity index (χ4v) is 2.27. The predicted molar refractivity (Wildman–Crippen MR) is 104 cm³/mol. The van der Waals surface area contributed by atoms with Crippen molar-refractivity contribution >= 4 is 34.8 Å². The summed E-state index contributed by atoms with van der Waals surface area (Å²) in [5, 5.41) is 8.35. The molecule has 3 N–H and O–H groups in total. The minimum atomic E-state index is -0.441. The van der Waals surface area contributed by atoms with Gasteiger partial charge in [0.15, 0.2) is 5.11 Å². The zero-order chi connectivity index (χ0) is 19.3. The van der Waals surface area contributed by atoms with Crippen molar-refractivity contribution < 1.29 is 14.0 Å². The summed E-state index contributed by atoms with van der Waals surface area (Å²) in [6.07, 6.45) is 0. The maximum absolute atomic E-state index is 12.9. The summed E-state index contributed by atoms with van der Waals surface area (Å²) >= 11 is 5.10. The molecule has 7 heteroatoms. The van der Waals surface area contributed by atoms with Crippen molar-refractivity contribution in [3.8, 4) is 0 Å². The molecule has 136 valence electrons. The van der Waals surface area contributed by atoms with E-state index in [0.717, 1.165) is 0 Å². The van der Waals surface area contributed by atoms with Gasteiger partial charge in [-0.05, 0) is 81.5 Å². The summed E-state index contributed by atoms with van der Waals surface area (Å²) in [6.45, 7) is 5.72. The van der Waals surface area contributed by atoms with E-state index in [9.17, 15) is 14.0 Å². The predicted octanol–water partition coefficient (Wildman–Crippen LogP) is 3.48. The molecule has 0 spiro atoms. The lowest BCUT2D eigenvalue weighted by atomic mass is 10.1. The molecular formula is C19H20FN3O2S. The number of nitrogens with one attached hydrogen (secondary N) is 3. The number of hydrogen-bond donors (Lipinski definition) is 3. The zero-order valence-electron chi connectivity index (χ0n) is 14.7. The second-order valence-corrected chi connectivity index (χ2v) is 7.10. The van der Waals surface area contributed by atoms with Crippen LogP contribution in [0.1, 0.15) is 41.5 Å². The lowest BCUT2D eigenvalue weighted by molar-refractivity contribution is 0.0918. The van der Waals surface area contributed by atoms with Crippen molar-refractivity contribution in [1.82, 2.24) is 10.6 Å². The highest BCUT2D eigenvalue weighted by molar-refractivity contribution is 7.80. The average molecular weight is 373 g/mol. The lowest BCUT2D eigenvalue weighted by Gasteiger charge is -2.20. The van der Waals surface area contributed by atoms with Gasteiger partial charge in [-0.1, -0.05) is 0 Å². The Morgan fingerprint density at radius 3 is 1.92 bits per heavy atom. The molecule has 0 radical (unpaired) electrons. The smallest absolute Gasteiger partial charge is 0.257 e. The molecule has 0 bridgehead atoms. The second-order valence-electron chi connectivity index (χ2n) is 6.70. The van der Waals surface area contributed by atoms with Crippen LogP contribution in [0.3, 0.4) is 0 Å². The van der Waals surface area contributed by atoms with Crippen LogP contribution in [0.25, 0.3) is 0 Å². The van der Waals surface area contributed by atoms with Crippen molar-refractivity contribution in [2.75, 3.05) is 5.32 Å². The maximum atomic E-state index is 12.9. The number of anilines is 1. The van der Waals surface area contributed by atoms with Crippen molar-refractivity contribution in [3.63, 3.8) is 0 Å². The first kappa shape index (κ1) is 19.5. The molecule has 0 aliphatic rings. The van der Waals surface area contributed by atoms with Crippen LogP contribution in [0, 0.1) is 5.82 Å². The third-order valence-electron chi connectivity index (χ3n) is 3.23. The fraction of sp³-hybridized carbons (Fsp3) is 0.211. The molecule has 0 aliphatic heterocycles. The Bertz CT molecular complexity index is 812. The molecule has 5 nitrogen and oxygen atoms in total. The van der Waals surface area contributed by atoms with Gasteiger partial charge >= 0.3 is 0 Å². The summed E-state index contributed by atoms with van der Waals surface area (Å²) in [5.41, 5.74) is 1.12.